The number of halogens is 1. The van der Waals surface area contributed by atoms with Crippen molar-refractivity contribution in [3.8, 4) is 0 Å². The molecule has 31 heavy (non-hydrogen) atoms. The second-order valence-corrected chi connectivity index (χ2v) is 8.94. The number of fused-ring (bicyclic) bond motifs is 4. The van der Waals surface area contributed by atoms with Gasteiger partial charge in [-0.3, -0.25) is 29.4 Å². The number of anilines is 1. The van der Waals surface area contributed by atoms with Crippen LogP contribution in [0.1, 0.15) is 31.2 Å². The molecule has 0 saturated carbocycles. The molecule has 0 radical (unpaired) electrons. The highest BCUT2D eigenvalue weighted by atomic mass is 35.5. The van der Waals surface area contributed by atoms with Gasteiger partial charge >= 0.3 is 5.97 Å². The van der Waals surface area contributed by atoms with Gasteiger partial charge in [0.1, 0.15) is 5.54 Å². The maximum absolute atomic E-state index is 13.6. The van der Waals surface area contributed by atoms with Crippen LogP contribution in [0, 0.1) is 11.8 Å². The number of nitrogens with one attached hydrogen (secondary N) is 2. The van der Waals surface area contributed by atoms with E-state index in [9.17, 15) is 24.3 Å². The molecule has 3 N–H and O–H groups in total. The summed E-state index contributed by atoms with van der Waals surface area (Å²) in [7, 11) is 0. The molecule has 1 aromatic rings. The number of hydrogen-bond donors (Lipinski definition) is 3. The zero-order valence-corrected chi connectivity index (χ0v) is 17.4. The first kappa shape index (κ1) is 20.4. The molecule has 4 aliphatic heterocycles. The summed E-state index contributed by atoms with van der Waals surface area (Å²) in [5.74, 6) is -4.08. The second-order valence-electron chi connectivity index (χ2n) is 8.53. The molecule has 1 spiro atoms. The lowest BCUT2D eigenvalue weighted by atomic mass is 9.76. The number of para-hydroxylation sites is 1. The number of likely N-dealkylation sites (tertiary alicyclic amines) is 1. The number of carboxylic acid groups (broad SMARTS) is 1. The molecule has 10 heteroatoms. The van der Waals surface area contributed by atoms with Crippen LogP contribution < -0.4 is 10.6 Å². The third-order valence-electron chi connectivity index (χ3n) is 6.87. The molecule has 9 nitrogen and oxygen atoms in total. The largest absolute Gasteiger partial charge is 0.481 e. The summed E-state index contributed by atoms with van der Waals surface area (Å²) < 4.78 is 5.61. The monoisotopic (exact) mass is 447 g/mol. The van der Waals surface area contributed by atoms with Gasteiger partial charge in [0.2, 0.25) is 17.7 Å². The van der Waals surface area contributed by atoms with Gasteiger partial charge in [0.05, 0.1) is 35.2 Å². The van der Waals surface area contributed by atoms with Crippen molar-refractivity contribution in [2.75, 3.05) is 18.5 Å². The zero-order valence-electron chi connectivity index (χ0n) is 16.6. The minimum atomic E-state index is -1.47. The molecule has 4 heterocycles. The zero-order chi connectivity index (χ0) is 21.9. The number of hydrogen-bond acceptors (Lipinski definition) is 6. The predicted octanol–water partition coefficient (Wildman–Crippen LogP) is 1.10. The van der Waals surface area contributed by atoms with Crippen molar-refractivity contribution in [3.63, 3.8) is 0 Å². The first-order valence-corrected chi connectivity index (χ1v) is 10.8. The highest BCUT2D eigenvalue weighted by Gasteiger charge is 2.70. The number of carboxylic acids is 1. The van der Waals surface area contributed by atoms with Crippen LogP contribution in [0.2, 0.25) is 5.02 Å². The standard InChI is InChI=1S/C21H22ClN3O6/c22-12-5-1-4-11-17(12)23-20(30)21(11)16-15(13(24-21)6-7-14(26)27)18(28)25(19(16)29)9-10-3-2-8-31-10/h1,4-5,10,13,15-16,24H,2-3,6-9H2,(H,23,30)(H,26,27)/t10?,13-,15-,16+,21+/m0/s1. The number of carbonyl (C=O) groups is 4. The lowest BCUT2D eigenvalue weighted by molar-refractivity contribution is -0.144. The Kier molecular flexibility index (Phi) is 4.80. The van der Waals surface area contributed by atoms with E-state index in [-0.39, 0.29) is 31.4 Å². The van der Waals surface area contributed by atoms with Gasteiger partial charge in [0.15, 0.2) is 0 Å². The number of amides is 3. The van der Waals surface area contributed by atoms with E-state index in [2.05, 4.69) is 10.6 Å². The van der Waals surface area contributed by atoms with E-state index < -0.39 is 41.2 Å². The van der Waals surface area contributed by atoms with Crippen molar-refractivity contribution in [3.05, 3.63) is 28.8 Å². The fourth-order valence-corrected chi connectivity index (χ4v) is 5.77. The van der Waals surface area contributed by atoms with Gasteiger partial charge in [-0.05, 0) is 25.3 Å². The normalized spacial score (nSPS) is 33.8. The Labute approximate surface area is 183 Å². The van der Waals surface area contributed by atoms with Gasteiger partial charge in [0.25, 0.3) is 0 Å². The fourth-order valence-electron chi connectivity index (χ4n) is 5.55. The van der Waals surface area contributed by atoms with Crippen LogP contribution in [-0.4, -0.2) is 59.0 Å². The average Bonchev–Trinajstić information content (AvgIpc) is 3.47. The molecule has 5 atom stereocenters. The van der Waals surface area contributed by atoms with E-state index in [1.165, 1.54) is 4.90 Å². The van der Waals surface area contributed by atoms with Gasteiger partial charge in [-0.25, -0.2) is 0 Å². The lowest BCUT2D eigenvalue weighted by Crippen LogP contribution is -2.53. The first-order valence-electron chi connectivity index (χ1n) is 10.4. The summed E-state index contributed by atoms with van der Waals surface area (Å²) in [4.78, 5) is 52.6. The predicted molar refractivity (Wildman–Crippen MR) is 108 cm³/mol. The number of benzene rings is 1. The number of nitrogens with zero attached hydrogens (tertiary/aromatic N) is 1. The Morgan fingerprint density at radius 1 is 1.29 bits per heavy atom. The molecule has 0 bridgehead atoms. The van der Waals surface area contributed by atoms with Crippen molar-refractivity contribution in [2.24, 2.45) is 11.8 Å². The van der Waals surface area contributed by atoms with E-state index in [1.807, 2.05) is 0 Å². The Bertz CT molecular complexity index is 993. The SMILES string of the molecule is O=C(O)CC[C@@H]1N[C@@]2(C(=O)Nc3c(Cl)cccc32)[C@H]2C(=O)N(CC3CCCO3)C(=O)[C@@H]12. The molecular formula is C21H22ClN3O6. The van der Waals surface area contributed by atoms with E-state index >= 15 is 0 Å². The Balaban J connectivity index is 1.57. The van der Waals surface area contributed by atoms with Gasteiger partial charge in [-0.2, -0.15) is 0 Å². The van der Waals surface area contributed by atoms with Crippen molar-refractivity contribution in [1.29, 1.82) is 0 Å². The van der Waals surface area contributed by atoms with Crippen LogP contribution >= 0.6 is 11.6 Å². The third-order valence-corrected chi connectivity index (χ3v) is 7.18. The Hall–Kier alpha value is -2.49. The van der Waals surface area contributed by atoms with Gasteiger partial charge in [0, 0.05) is 24.6 Å². The summed E-state index contributed by atoms with van der Waals surface area (Å²) in [6.07, 6.45) is 1.35. The number of imide groups is 1. The number of aliphatic carboxylic acids is 1. The first-order chi connectivity index (χ1) is 14.8. The maximum Gasteiger partial charge on any atom is 0.303 e. The van der Waals surface area contributed by atoms with E-state index in [1.54, 1.807) is 18.2 Å². The van der Waals surface area contributed by atoms with Crippen molar-refractivity contribution < 1.29 is 29.0 Å². The molecule has 1 unspecified atom stereocenters. The fraction of sp³-hybridized carbons (Fsp3) is 0.524. The average molecular weight is 448 g/mol. The van der Waals surface area contributed by atoms with Crippen LogP contribution in [-0.2, 0) is 29.5 Å². The van der Waals surface area contributed by atoms with Crippen LogP contribution in [0.5, 0.6) is 0 Å². The molecule has 0 aromatic heterocycles. The number of carbonyl (C=O) groups excluding carboxylic acids is 3. The molecule has 3 fully saturated rings. The summed E-state index contributed by atoms with van der Waals surface area (Å²) in [6, 6.07) is 4.40. The summed E-state index contributed by atoms with van der Waals surface area (Å²) >= 11 is 6.29. The highest BCUT2D eigenvalue weighted by Crippen LogP contribution is 2.54. The number of ether oxygens (including phenoxy) is 1. The van der Waals surface area contributed by atoms with Crippen LogP contribution in [0.25, 0.3) is 0 Å². The molecule has 3 amide bonds. The van der Waals surface area contributed by atoms with Crippen molar-refractivity contribution >= 4 is 41.0 Å². The molecule has 0 aliphatic carbocycles. The Morgan fingerprint density at radius 3 is 2.81 bits per heavy atom. The van der Waals surface area contributed by atoms with Crippen molar-refractivity contribution in [1.82, 2.24) is 10.2 Å². The number of rotatable bonds is 5. The van der Waals surface area contributed by atoms with Crippen LogP contribution in [0.4, 0.5) is 5.69 Å². The highest BCUT2D eigenvalue weighted by molar-refractivity contribution is 6.35. The van der Waals surface area contributed by atoms with Gasteiger partial charge in [-0.15, -0.1) is 0 Å². The molecule has 164 valence electrons. The van der Waals surface area contributed by atoms with Crippen LogP contribution in [0.15, 0.2) is 18.2 Å². The summed E-state index contributed by atoms with van der Waals surface area (Å²) in [6.45, 7) is 0.741. The van der Waals surface area contributed by atoms with Crippen molar-refractivity contribution in [2.45, 2.75) is 43.4 Å². The maximum atomic E-state index is 13.6. The second kappa shape index (κ2) is 7.29. The molecule has 3 saturated heterocycles. The summed E-state index contributed by atoms with van der Waals surface area (Å²) in [5, 5.41) is 15.5. The topological polar surface area (TPSA) is 125 Å². The molecular weight excluding hydrogens is 426 g/mol. The van der Waals surface area contributed by atoms with Gasteiger partial charge in [-0.1, -0.05) is 23.7 Å². The molecule has 5 rings (SSSR count). The third kappa shape index (κ3) is 2.90. The van der Waals surface area contributed by atoms with Crippen LogP contribution in [0.3, 0.4) is 0 Å². The summed E-state index contributed by atoms with van der Waals surface area (Å²) in [5.41, 5.74) is -0.540. The van der Waals surface area contributed by atoms with E-state index in [4.69, 9.17) is 16.3 Å². The minimum absolute atomic E-state index is 0.119. The van der Waals surface area contributed by atoms with E-state index in [0.29, 0.717) is 22.9 Å². The quantitative estimate of drug-likeness (QED) is 0.577. The lowest BCUT2D eigenvalue weighted by Gasteiger charge is -2.30. The Morgan fingerprint density at radius 2 is 2.10 bits per heavy atom. The molecule has 4 aliphatic rings. The smallest absolute Gasteiger partial charge is 0.303 e. The van der Waals surface area contributed by atoms with E-state index in [0.717, 1.165) is 12.8 Å². The molecule has 1 aromatic carbocycles. The van der Waals surface area contributed by atoms with Gasteiger partial charge < -0.3 is 15.2 Å². The minimum Gasteiger partial charge on any atom is -0.481 e.